The van der Waals surface area contributed by atoms with Crippen molar-refractivity contribution in [1.29, 1.82) is 0 Å². The van der Waals surface area contributed by atoms with Crippen LogP contribution in [0.1, 0.15) is 11.3 Å². The Labute approximate surface area is 248 Å². The molecule has 0 fully saturated rings. The van der Waals surface area contributed by atoms with E-state index in [0.29, 0.717) is 5.56 Å². The largest absolute Gasteiger partial charge is 0.435 e. The van der Waals surface area contributed by atoms with E-state index >= 15 is 0 Å². The number of alkyl halides is 3. The van der Waals surface area contributed by atoms with Gasteiger partial charge in [-0.2, -0.15) is 23.3 Å². The Morgan fingerprint density at radius 2 is 1.68 bits per heavy atom. The molecule has 0 saturated carbocycles. The summed E-state index contributed by atoms with van der Waals surface area (Å²) in [5.41, 5.74) is 5.66. The molecule has 0 saturated heterocycles. The highest BCUT2D eigenvalue weighted by Crippen LogP contribution is 2.35. The zero-order chi connectivity index (χ0) is 32.9. The predicted octanol–water partition coefficient (Wildman–Crippen LogP) is 1.85. The van der Waals surface area contributed by atoms with Gasteiger partial charge in [0.15, 0.2) is 5.69 Å². The van der Waals surface area contributed by atoms with Crippen LogP contribution in [0.2, 0.25) is 0 Å². The lowest BCUT2D eigenvalue weighted by Crippen LogP contribution is -2.32. The molecular formula is C25H28F3N6O8PS. The van der Waals surface area contributed by atoms with Crippen molar-refractivity contribution < 1.29 is 45.8 Å². The van der Waals surface area contributed by atoms with Gasteiger partial charge in [0, 0.05) is 11.8 Å². The number of rotatable bonds is 9. The Hall–Kier alpha value is -3.90. The van der Waals surface area contributed by atoms with Gasteiger partial charge < -0.3 is 25.4 Å². The third kappa shape index (κ3) is 9.81. The fourth-order valence-electron chi connectivity index (χ4n) is 3.59. The maximum absolute atomic E-state index is 13.1. The Morgan fingerprint density at radius 1 is 1.07 bits per heavy atom. The van der Waals surface area contributed by atoms with Gasteiger partial charge in [0.1, 0.15) is 12.2 Å². The number of benzene rings is 2. The Balaban J connectivity index is 0.000000259. The SMILES string of the molecule is Cc1ccc(-c2cc(C(F)(F)F)nn2-c2ccc(S(N)(=O)=O)cc2)cc1.Nc1ccn(C[C@@H](CO)OCP(=O)(O)O)c(=O)n1. The molecule has 4 rings (SSSR count). The molecule has 0 aliphatic carbocycles. The van der Waals surface area contributed by atoms with Crippen molar-refractivity contribution in [2.75, 3.05) is 18.7 Å². The van der Waals surface area contributed by atoms with E-state index in [1.807, 2.05) is 6.92 Å². The van der Waals surface area contributed by atoms with Crippen LogP contribution in [0.15, 0.2) is 76.6 Å². The number of sulfonamides is 1. The Morgan fingerprint density at radius 3 is 2.18 bits per heavy atom. The molecule has 19 heteroatoms. The molecule has 0 unspecified atom stereocenters. The maximum Gasteiger partial charge on any atom is 0.435 e. The molecule has 1 atom stereocenters. The first-order valence-corrected chi connectivity index (χ1v) is 15.7. The number of nitrogen functional groups attached to an aromatic ring is 1. The molecule has 0 bridgehead atoms. The average molecular weight is 661 g/mol. The number of aromatic nitrogens is 4. The van der Waals surface area contributed by atoms with Crippen LogP contribution in [0.4, 0.5) is 19.0 Å². The Kier molecular flexibility index (Phi) is 10.9. The monoisotopic (exact) mass is 660 g/mol. The van der Waals surface area contributed by atoms with E-state index in [0.717, 1.165) is 20.9 Å². The lowest BCUT2D eigenvalue weighted by atomic mass is 10.1. The molecule has 2 heterocycles. The second-order valence-corrected chi connectivity index (χ2v) is 12.4. The lowest BCUT2D eigenvalue weighted by molar-refractivity contribution is -0.141. The van der Waals surface area contributed by atoms with Crippen LogP contribution >= 0.6 is 7.60 Å². The zero-order valence-electron chi connectivity index (χ0n) is 22.9. The molecule has 0 aliphatic rings. The molecule has 238 valence electrons. The van der Waals surface area contributed by atoms with Gasteiger partial charge in [-0.3, -0.25) is 9.13 Å². The molecule has 2 aromatic carbocycles. The smallest absolute Gasteiger partial charge is 0.394 e. The summed E-state index contributed by atoms with van der Waals surface area (Å²) in [7, 11) is -8.21. The number of halogens is 3. The van der Waals surface area contributed by atoms with Crippen LogP contribution in [0.25, 0.3) is 16.9 Å². The summed E-state index contributed by atoms with van der Waals surface area (Å²) in [4.78, 5) is 32.0. The third-order valence-corrected chi connectivity index (χ3v) is 7.15. The first-order valence-electron chi connectivity index (χ1n) is 12.3. The first-order chi connectivity index (χ1) is 20.4. The molecule has 0 radical (unpaired) electrons. The summed E-state index contributed by atoms with van der Waals surface area (Å²) in [6, 6.07) is 14.4. The van der Waals surface area contributed by atoms with E-state index in [4.69, 9.17) is 30.5 Å². The van der Waals surface area contributed by atoms with E-state index in [1.165, 1.54) is 36.5 Å². The van der Waals surface area contributed by atoms with Gasteiger partial charge in [-0.25, -0.2) is 23.0 Å². The maximum atomic E-state index is 13.1. The molecule has 0 amide bonds. The minimum Gasteiger partial charge on any atom is -0.394 e. The molecule has 44 heavy (non-hydrogen) atoms. The van der Waals surface area contributed by atoms with Gasteiger partial charge in [-0.15, -0.1) is 0 Å². The highest BCUT2D eigenvalue weighted by atomic mass is 32.2. The summed E-state index contributed by atoms with van der Waals surface area (Å²) < 4.78 is 79.7. The van der Waals surface area contributed by atoms with Crippen LogP contribution in [0.3, 0.4) is 0 Å². The van der Waals surface area contributed by atoms with Crippen molar-refractivity contribution >= 4 is 23.4 Å². The van der Waals surface area contributed by atoms with E-state index < -0.39 is 54.2 Å². The molecule has 0 spiro atoms. The molecule has 7 N–H and O–H groups in total. The minimum atomic E-state index is -4.61. The number of hydrogen-bond donors (Lipinski definition) is 5. The van der Waals surface area contributed by atoms with Crippen molar-refractivity contribution in [3.63, 3.8) is 0 Å². The van der Waals surface area contributed by atoms with Gasteiger partial charge in [0.05, 0.1) is 35.5 Å². The summed E-state index contributed by atoms with van der Waals surface area (Å²) in [5, 5.41) is 17.7. The molecule has 0 aliphatic heterocycles. The van der Waals surface area contributed by atoms with Gasteiger partial charge in [0.2, 0.25) is 10.0 Å². The van der Waals surface area contributed by atoms with Gasteiger partial charge >= 0.3 is 19.5 Å². The second kappa shape index (κ2) is 13.8. The van der Waals surface area contributed by atoms with Crippen molar-refractivity contribution in [3.05, 3.63) is 88.6 Å². The second-order valence-electron chi connectivity index (χ2n) is 9.28. The van der Waals surface area contributed by atoms with Crippen LogP contribution in [0, 0.1) is 6.92 Å². The fraction of sp³-hybridized carbons (Fsp3) is 0.240. The van der Waals surface area contributed by atoms with Crippen molar-refractivity contribution in [2.45, 2.75) is 30.6 Å². The number of aryl methyl sites for hydroxylation is 1. The van der Waals surface area contributed by atoms with Gasteiger partial charge in [0.25, 0.3) is 0 Å². The minimum absolute atomic E-state index is 0.0629. The number of aliphatic hydroxyl groups excluding tert-OH is 1. The molecule has 4 aromatic rings. The predicted molar refractivity (Wildman–Crippen MR) is 152 cm³/mol. The number of primary sulfonamides is 1. The number of hydrogen-bond acceptors (Lipinski definition) is 9. The van der Waals surface area contributed by atoms with Crippen LogP contribution in [-0.2, 0) is 32.0 Å². The standard InChI is InChI=1S/C17H14F3N3O2S.C8H14N3O6P/c1-11-2-4-12(5-3-11)15-10-16(17(18,19)20)22-23(15)13-6-8-14(9-7-13)26(21,24)25;9-7-1-2-11(8(13)10-7)3-6(4-12)17-5-18(14,15)16/h2-10H,1H3,(H2,21,24,25);1-2,6,12H,3-5H2,(H2,9,10,13)(H2,14,15,16)/t;6-/m.0/s1. The first kappa shape index (κ1) is 34.6. The van der Waals surface area contributed by atoms with E-state index in [2.05, 4.69) is 10.1 Å². The quantitative estimate of drug-likeness (QED) is 0.163. The van der Waals surface area contributed by atoms with Gasteiger partial charge in [-0.1, -0.05) is 29.8 Å². The topological polar surface area (TPSA) is 226 Å². The lowest BCUT2D eigenvalue weighted by Gasteiger charge is -2.16. The van der Waals surface area contributed by atoms with Crippen molar-refractivity contribution in [3.8, 4) is 16.9 Å². The third-order valence-electron chi connectivity index (χ3n) is 5.74. The number of aliphatic hydroxyl groups is 1. The highest BCUT2D eigenvalue weighted by molar-refractivity contribution is 7.89. The number of anilines is 1. The normalized spacial score (nSPS) is 12.8. The Bertz CT molecular complexity index is 1790. The van der Waals surface area contributed by atoms with E-state index in [1.54, 1.807) is 24.3 Å². The van der Waals surface area contributed by atoms with Crippen LogP contribution in [0.5, 0.6) is 0 Å². The summed E-state index contributed by atoms with van der Waals surface area (Å²) >= 11 is 0. The number of nitrogens with two attached hydrogens (primary N) is 2. The molecule has 2 aromatic heterocycles. The van der Waals surface area contributed by atoms with E-state index in [-0.39, 0.29) is 28.6 Å². The van der Waals surface area contributed by atoms with Crippen molar-refractivity contribution in [1.82, 2.24) is 19.3 Å². The van der Waals surface area contributed by atoms with Crippen molar-refractivity contribution in [2.24, 2.45) is 5.14 Å². The summed E-state index contributed by atoms with van der Waals surface area (Å²) in [6.45, 7) is 1.30. The van der Waals surface area contributed by atoms with Crippen LogP contribution < -0.4 is 16.6 Å². The summed E-state index contributed by atoms with van der Waals surface area (Å²) in [6.07, 6.45) is -4.99. The number of nitrogens with zero attached hydrogens (tertiary/aromatic N) is 4. The fourth-order valence-corrected chi connectivity index (χ4v) is 4.51. The average Bonchev–Trinajstić information content (AvgIpc) is 3.38. The molecular weight excluding hydrogens is 632 g/mol. The number of ether oxygens (including phenoxy) is 1. The van der Waals surface area contributed by atoms with Crippen LogP contribution in [-0.4, -0.2) is 61.7 Å². The summed E-state index contributed by atoms with van der Waals surface area (Å²) in [5.74, 6) is 0.0629. The van der Waals surface area contributed by atoms with Gasteiger partial charge in [-0.05, 0) is 43.3 Å². The zero-order valence-corrected chi connectivity index (χ0v) is 24.6. The highest BCUT2D eigenvalue weighted by Gasteiger charge is 2.35. The van der Waals surface area contributed by atoms with E-state index in [9.17, 15) is 30.9 Å². The molecule has 14 nitrogen and oxygen atoms in total.